The van der Waals surface area contributed by atoms with Crippen molar-refractivity contribution in [2.45, 2.75) is 43.8 Å². The van der Waals surface area contributed by atoms with Crippen molar-refractivity contribution >= 4 is 17.4 Å². The number of hydrogen-bond acceptors (Lipinski definition) is 6. The molecule has 1 fully saturated rings. The molecule has 2 heterocycles. The quantitative estimate of drug-likeness (QED) is 0.512. The van der Waals surface area contributed by atoms with Crippen molar-refractivity contribution < 1.29 is 29.6 Å². The number of likely N-dealkylation sites (tertiary alicyclic amines) is 1. The van der Waals surface area contributed by atoms with E-state index in [1.54, 1.807) is 24.3 Å². The summed E-state index contributed by atoms with van der Waals surface area (Å²) >= 11 is 0. The molecule has 2 aliphatic heterocycles. The van der Waals surface area contributed by atoms with Crippen molar-refractivity contribution in [3.05, 3.63) is 76.4 Å². The Hall–Kier alpha value is -3.00. The average molecular weight is 421 g/mol. The number of nitrogens with zero attached hydrogens (tertiary/aromatic N) is 1. The van der Waals surface area contributed by atoms with E-state index in [4.69, 9.17) is 4.74 Å². The van der Waals surface area contributed by atoms with Crippen LogP contribution in [0.4, 0.5) is 0 Å². The second-order valence-corrected chi connectivity index (χ2v) is 8.38. The summed E-state index contributed by atoms with van der Waals surface area (Å²) in [6, 6.07) is 13.3. The molecule has 160 valence electrons. The highest BCUT2D eigenvalue weighted by Gasteiger charge is 2.84. The highest BCUT2D eigenvalue weighted by molar-refractivity contribution is 6.48. The van der Waals surface area contributed by atoms with Crippen LogP contribution in [0, 0.1) is 6.92 Å². The Morgan fingerprint density at radius 1 is 0.968 bits per heavy atom. The van der Waals surface area contributed by atoms with Crippen LogP contribution in [0.1, 0.15) is 42.0 Å². The third-order valence-electron chi connectivity index (χ3n) is 6.62. The van der Waals surface area contributed by atoms with E-state index in [0.717, 1.165) is 10.5 Å². The van der Waals surface area contributed by atoms with Crippen LogP contribution < -0.4 is 0 Å². The van der Waals surface area contributed by atoms with Gasteiger partial charge in [-0.2, -0.15) is 0 Å². The van der Waals surface area contributed by atoms with E-state index in [9.17, 15) is 24.9 Å². The van der Waals surface area contributed by atoms with Crippen molar-refractivity contribution in [3.63, 3.8) is 0 Å². The zero-order chi connectivity index (χ0) is 22.2. The maximum atomic E-state index is 13.3. The Balaban J connectivity index is 1.86. The standard InChI is InChI=1S/C24H23NO6/c1-3-4-13-25-21(27)19(26)18-20(15-11-9-14(2)10-12-15)31-24(30)17-8-6-5-7-16(17)23(28,29)22(18,24)25/h5-12,28-30H,3-4,13H2,1-2H3/t22-,24+/m0/s1. The van der Waals surface area contributed by atoms with E-state index in [0.29, 0.717) is 18.4 Å². The number of amides is 1. The second-order valence-electron chi connectivity index (χ2n) is 8.38. The first kappa shape index (κ1) is 19.9. The lowest BCUT2D eigenvalue weighted by Gasteiger charge is -2.45. The summed E-state index contributed by atoms with van der Waals surface area (Å²) in [5, 5.41) is 34.9. The van der Waals surface area contributed by atoms with Gasteiger partial charge in [0.05, 0.1) is 5.57 Å². The van der Waals surface area contributed by atoms with Gasteiger partial charge in [-0.15, -0.1) is 0 Å². The SMILES string of the molecule is CCCCN1C(=O)C(=O)C2=C(c3ccc(C)cc3)O[C@]3(O)c4ccccc4C(O)(O)[C@]213. The fourth-order valence-electron chi connectivity index (χ4n) is 5.19. The summed E-state index contributed by atoms with van der Waals surface area (Å²) < 4.78 is 6.05. The minimum absolute atomic E-state index is 0.00181. The van der Waals surface area contributed by atoms with Crippen LogP contribution in [0.3, 0.4) is 0 Å². The van der Waals surface area contributed by atoms with Gasteiger partial charge in [0.1, 0.15) is 5.76 Å². The summed E-state index contributed by atoms with van der Waals surface area (Å²) in [6.07, 6.45) is 1.21. The summed E-state index contributed by atoms with van der Waals surface area (Å²) in [5.74, 6) is -6.87. The molecular weight excluding hydrogens is 398 g/mol. The Morgan fingerprint density at radius 3 is 2.26 bits per heavy atom. The fourth-order valence-corrected chi connectivity index (χ4v) is 5.19. The smallest absolute Gasteiger partial charge is 0.296 e. The molecule has 2 atom stereocenters. The number of hydrogen-bond donors (Lipinski definition) is 3. The van der Waals surface area contributed by atoms with Crippen LogP contribution in [0.5, 0.6) is 0 Å². The molecule has 1 aliphatic carbocycles. The Bertz CT molecular complexity index is 1150. The topological polar surface area (TPSA) is 107 Å². The third-order valence-corrected chi connectivity index (χ3v) is 6.62. The molecule has 1 saturated heterocycles. The molecule has 0 bridgehead atoms. The molecule has 31 heavy (non-hydrogen) atoms. The molecule has 3 aliphatic rings. The van der Waals surface area contributed by atoms with Crippen LogP contribution in [-0.4, -0.2) is 44.0 Å². The maximum absolute atomic E-state index is 13.3. The number of aryl methyl sites for hydroxylation is 1. The highest BCUT2D eigenvalue weighted by Crippen LogP contribution is 2.67. The molecule has 0 unspecified atom stereocenters. The first-order chi connectivity index (χ1) is 14.7. The van der Waals surface area contributed by atoms with E-state index in [1.165, 1.54) is 12.1 Å². The van der Waals surface area contributed by atoms with Gasteiger partial charge < -0.3 is 25.0 Å². The molecule has 7 heteroatoms. The van der Waals surface area contributed by atoms with Crippen LogP contribution >= 0.6 is 0 Å². The zero-order valence-electron chi connectivity index (χ0n) is 17.3. The van der Waals surface area contributed by atoms with Gasteiger partial charge in [-0.05, 0) is 13.3 Å². The molecule has 0 radical (unpaired) electrons. The van der Waals surface area contributed by atoms with Gasteiger partial charge in [-0.1, -0.05) is 67.4 Å². The first-order valence-electron chi connectivity index (χ1n) is 10.4. The van der Waals surface area contributed by atoms with Crippen molar-refractivity contribution in [3.8, 4) is 0 Å². The Labute approximate surface area is 179 Å². The monoisotopic (exact) mass is 421 g/mol. The molecule has 5 rings (SSSR count). The van der Waals surface area contributed by atoms with Crippen LogP contribution in [0.25, 0.3) is 5.76 Å². The van der Waals surface area contributed by atoms with Crippen molar-refractivity contribution in [1.29, 1.82) is 0 Å². The number of benzene rings is 2. The van der Waals surface area contributed by atoms with Gasteiger partial charge in [0.15, 0.2) is 0 Å². The number of rotatable bonds is 4. The Kier molecular flexibility index (Phi) is 4.02. The van der Waals surface area contributed by atoms with Crippen molar-refractivity contribution in [1.82, 2.24) is 4.90 Å². The summed E-state index contributed by atoms with van der Waals surface area (Å²) in [6.45, 7) is 3.88. The lowest BCUT2D eigenvalue weighted by molar-refractivity contribution is -0.312. The van der Waals surface area contributed by atoms with Crippen molar-refractivity contribution in [2.24, 2.45) is 0 Å². The van der Waals surface area contributed by atoms with E-state index < -0.39 is 28.8 Å². The number of aliphatic hydroxyl groups is 3. The highest BCUT2D eigenvalue weighted by atomic mass is 16.6. The molecule has 2 aromatic rings. The van der Waals surface area contributed by atoms with E-state index in [2.05, 4.69) is 0 Å². The third kappa shape index (κ3) is 2.13. The van der Waals surface area contributed by atoms with Gasteiger partial charge >= 0.3 is 0 Å². The Morgan fingerprint density at radius 2 is 1.61 bits per heavy atom. The summed E-state index contributed by atoms with van der Waals surface area (Å²) in [4.78, 5) is 27.5. The number of ether oxygens (including phenoxy) is 1. The molecule has 1 amide bonds. The number of ketones is 1. The molecule has 7 nitrogen and oxygen atoms in total. The predicted molar refractivity (Wildman–Crippen MR) is 110 cm³/mol. The van der Waals surface area contributed by atoms with Crippen LogP contribution in [0.15, 0.2) is 54.1 Å². The number of fused-ring (bicyclic) bond motifs is 2. The molecule has 3 N–H and O–H groups in total. The minimum atomic E-state index is -2.74. The molecule has 0 aromatic heterocycles. The summed E-state index contributed by atoms with van der Waals surface area (Å²) in [5.41, 5.74) is -0.863. The van der Waals surface area contributed by atoms with Crippen LogP contribution in [-0.2, 0) is 25.9 Å². The maximum Gasteiger partial charge on any atom is 0.296 e. The molecule has 0 saturated carbocycles. The fraction of sp³-hybridized carbons (Fsp3) is 0.333. The van der Waals surface area contributed by atoms with Crippen molar-refractivity contribution in [2.75, 3.05) is 6.54 Å². The van der Waals surface area contributed by atoms with Gasteiger partial charge in [0, 0.05) is 23.2 Å². The number of carbonyl (C=O) groups excluding carboxylic acids is 2. The van der Waals surface area contributed by atoms with E-state index in [1.807, 2.05) is 26.0 Å². The van der Waals surface area contributed by atoms with Gasteiger partial charge in [-0.25, -0.2) is 0 Å². The lowest BCUT2D eigenvalue weighted by atomic mass is 9.78. The molecule has 1 spiro atoms. The largest absolute Gasteiger partial charge is 0.454 e. The lowest BCUT2D eigenvalue weighted by Crippen LogP contribution is -2.66. The summed E-state index contributed by atoms with van der Waals surface area (Å²) in [7, 11) is 0. The second kappa shape index (κ2) is 6.26. The number of Topliss-reactive ketones (excluding diaryl/α,β-unsaturated/α-hetero) is 1. The van der Waals surface area contributed by atoms with E-state index in [-0.39, 0.29) is 29.0 Å². The first-order valence-corrected chi connectivity index (χ1v) is 10.4. The zero-order valence-corrected chi connectivity index (χ0v) is 17.3. The average Bonchev–Trinajstić information content (AvgIpc) is 3.22. The van der Waals surface area contributed by atoms with Gasteiger partial charge in [0.2, 0.25) is 11.3 Å². The molecule has 2 aromatic carbocycles. The number of unbranched alkanes of at least 4 members (excludes halogenated alkanes) is 1. The molecular formula is C24H23NO6. The number of carbonyl (C=O) groups is 2. The van der Waals surface area contributed by atoms with E-state index >= 15 is 0 Å². The van der Waals surface area contributed by atoms with Gasteiger partial charge in [0.25, 0.3) is 17.5 Å². The van der Waals surface area contributed by atoms with Gasteiger partial charge in [-0.3, -0.25) is 9.59 Å². The minimum Gasteiger partial charge on any atom is -0.454 e. The van der Waals surface area contributed by atoms with Crippen LogP contribution in [0.2, 0.25) is 0 Å². The normalized spacial score (nSPS) is 28.0. The predicted octanol–water partition coefficient (Wildman–Crippen LogP) is 1.68.